The number of esters is 1. The third kappa shape index (κ3) is 10.6. The monoisotopic (exact) mass is 825 g/mol. The minimum absolute atomic E-state index is 0.192. The number of phenolic OH excluding ortho intramolecular Hbond substituents is 2. The lowest BCUT2D eigenvalue weighted by atomic mass is 9.79. The molecule has 0 heterocycles. The molecule has 6 nitrogen and oxygen atoms in total. The van der Waals surface area contributed by atoms with Crippen molar-refractivity contribution in [3.05, 3.63) is 151 Å². The van der Waals surface area contributed by atoms with Gasteiger partial charge in [-0.15, -0.1) is 0 Å². The zero-order valence-corrected chi connectivity index (χ0v) is 39.0. The summed E-state index contributed by atoms with van der Waals surface area (Å²) in [6, 6.07) is 27.5. The van der Waals surface area contributed by atoms with E-state index in [1.807, 2.05) is 18.2 Å². The molecule has 0 unspecified atom stereocenters. The second-order valence-corrected chi connectivity index (χ2v) is 21.1. The van der Waals surface area contributed by atoms with Crippen molar-refractivity contribution in [2.45, 2.75) is 144 Å². The Morgan fingerprint density at radius 1 is 0.492 bits per heavy atom. The number of aromatic hydroxyl groups is 2. The van der Waals surface area contributed by atoms with Crippen LogP contribution >= 0.6 is 0 Å². The number of carbonyl (C=O) groups is 1. The second kappa shape index (κ2) is 17.3. The summed E-state index contributed by atoms with van der Waals surface area (Å²) in [5.74, 6) is 1.35. The number of fused-ring (bicyclic) bond motifs is 8. The van der Waals surface area contributed by atoms with Crippen LogP contribution in [0, 0.1) is 0 Å². The maximum atomic E-state index is 13.0. The molecule has 0 atom stereocenters. The van der Waals surface area contributed by atoms with Crippen molar-refractivity contribution in [1.29, 1.82) is 0 Å². The molecule has 6 rings (SSSR count). The van der Waals surface area contributed by atoms with Crippen LogP contribution in [0.2, 0.25) is 0 Å². The van der Waals surface area contributed by atoms with Crippen molar-refractivity contribution >= 4 is 5.97 Å². The highest BCUT2D eigenvalue weighted by Crippen LogP contribution is 2.44. The van der Waals surface area contributed by atoms with Crippen LogP contribution in [0.1, 0.15) is 162 Å². The van der Waals surface area contributed by atoms with Gasteiger partial charge in [-0.05, 0) is 101 Å². The molecule has 324 valence electrons. The zero-order valence-electron chi connectivity index (χ0n) is 39.0. The standard InChI is InChI=1S/C55H68O6/c1-14-59-47(56)33-61-51-40-22-38-27-44(53(5,6)7)25-36(49(38)58)20-35-24-43(52(2,3)4)26-37(48(35)57)21-39-28-45(54(8,9)10)30-41(23-42(51)31-46(29-40)55(11,12)13)50(39)60-32-34-18-16-15-17-19-34/h15-19,24-31,57-58H,14,20-23,32-33H2,1-13H3. The summed E-state index contributed by atoms with van der Waals surface area (Å²) >= 11 is 0. The van der Waals surface area contributed by atoms with E-state index in [-0.39, 0.29) is 46.4 Å². The van der Waals surface area contributed by atoms with Gasteiger partial charge in [-0.1, -0.05) is 162 Å². The lowest BCUT2D eigenvalue weighted by Gasteiger charge is -2.28. The highest BCUT2D eigenvalue weighted by atomic mass is 16.6. The van der Waals surface area contributed by atoms with Gasteiger partial charge in [0.25, 0.3) is 0 Å². The van der Waals surface area contributed by atoms with Crippen LogP contribution in [0.25, 0.3) is 0 Å². The SMILES string of the molecule is CCOC(=O)COc1c2cc(C(C)(C)C)cc1Cc1cc(C(C)(C)C)cc(c1OCc1ccccc1)Cc1cc(C(C)(C)C)cc(c1O)Cc1cc(C(C)(C)C)cc(c1O)C2. The van der Waals surface area contributed by atoms with Crippen molar-refractivity contribution in [3.8, 4) is 23.0 Å². The van der Waals surface area contributed by atoms with Crippen LogP contribution < -0.4 is 9.47 Å². The van der Waals surface area contributed by atoms with E-state index in [0.29, 0.717) is 38.0 Å². The summed E-state index contributed by atoms with van der Waals surface area (Å²) in [7, 11) is 0. The minimum Gasteiger partial charge on any atom is -0.507 e. The van der Waals surface area contributed by atoms with Crippen molar-refractivity contribution < 1.29 is 29.2 Å². The molecule has 0 amide bonds. The molecular formula is C55H68O6. The van der Waals surface area contributed by atoms with E-state index in [1.165, 1.54) is 0 Å². The number of benzene rings is 5. The number of hydrogen-bond acceptors (Lipinski definition) is 6. The molecule has 0 fully saturated rings. The van der Waals surface area contributed by atoms with E-state index in [1.54, 1.807) is 6.92 Å². The van der Waals surface area contributed by atoms with E-state index < -0.39 is 5.97 Å². The first-order chi connectivity index (χ1) is 28.4. The molecule has 0 saturated carbocycles. The topological polar surface area (TPSA) is 85.2 Å². The number of carbonyl (C=O) groups excluding carboxylic acids is 1. The molecule has 0 saturated heterocycles. The van der Waals surface area contributed by atoms with Gasteiger partial charge in [0.1, 0.15) is 29.6 Å². The minimum atomic E-state index is -0.444. The largest absolute Gasteiger partial charge is 0.507 e. The van der Waals surface area contributed by atoms with Crippen molar-refractivity contribution in [1.82, 2.24) is 0 Å². The van der Waals surface area contributed by atoms with Crippen LogP contribution in [-0.4, -0.2) is 29.4 Å². The first-order valence-electron chi connectivity index (χ1n) is 21.9. The summed E-state index contributed by atoms with van der Waals surface area (Å²) < 4.78 is 19.0. The lowest BCUT2D eigenvalue weighted by Crippen LogP contribution is -2.19. The molecular weight excluding hydrogens is 757 g/mol. The van der Waals surface area contributed by atoms with Gasteiger partial charge < -0.3 is 24.4 Å². The average molecular weight is 825 g/mol. The highest BCUT2D eigenvalue weighted by Gasteiger charge is 2.29. The molecule has 61 heavy (non-hydrogen) atoms. The molecule has 5 aromatic carbocycles. The maximum Gasteiger partial charge on any atom is 0.344 e. The number of rotatable bonds is 7. The molecule has 6 heteroatoms. The Labute approximate surface area is 365 Å². The zero-order chi connectivity index (χ0) is 44.7. The predicted octanol–water partition coefficient (Wildman–Crippen LogP) is 12.5. The Bertz CT molecular complexity index is 2390. The fourth-order valence-corrected chi connectivity index (χ4v) is 8.08. The van der Waals surface area contributed by atoms with Gasteiger partial charge in [-0.3, -0.25) is 0 Å². The van der Waals surface area contributed by atoms with Crippen molar-refractivity contribution in [2.24, 2.45) is 0 Å². The predicted molar refractivity (Wildman–Crippen MR) is 248 cm³/mol. The van der Waals surface area contributed by atoms with Crippen LogP contribution in [0.15, 0.2) is 78.9 Å². The molecule has 2 N–H and O–H groups in total. The average Bonchev–Trinajstić information content (AvgIpc) is 3.15. The Hall–Kier alpha value is -5.23. The summed E-state index contributed by atoms with van der Waals surface area (Å²) in [6.07, 6.45) is 1.54. The van der Waals surface area contributed by atoms with E-state index in [0.717, 1.165) is 78.1 Å². The molecule has 8 bridgehead atoms. The van der Waals surface area contributed by atoms with Crippen LogP contribution in [0.3, 0.4) is 0 Å². The molecule has 0 aromatic heterocycles. The second-order valence-electron chi connectivity index (χ2n) is 21.1. The third-order valence-electron chi connectivity index (χ3n) is 11.9. The Morgan fingerprint density at radius 2 is 0.803 bits per heavy atom. The molecule has 0 spiro atoms. The maximum absolute atomic E-state index is 13.0. The summed E-state index contributed by atoms with van der Waals surface area (Å²) in [4.78, 5) is 13.0. The smallest absolute Gasteiger partial charge is 0.344 e. The van der Waals surface area contributed by atoms with Gasteiger partial charge in [-0.25, -0.2) is 4.79 Å². The summed E-state index contributed by atoms with van der Waals surface area (Å²) in [5, 5.41) is 24.7. The van der Waals surface area contributed by atoms with E-state index in [9.17, 15) is 15.0 Å². The molecule has 0 aliphatic heterocycles. The van der Waals surface area contributed by atoms with Gasteiger partial charge in [0.2, 0.25) is 0 Å². The highest BCUT2D eigenvalue weighted by molar-refractivity contribution is 5.71. The Balaban J connectivity index is 1.73. The molecule has 0 radical (unpaired) electrons. The number of phenols is 2. The summed E-state index contributed by atoms with van der Waals surface area (Å²) in [5.41, 5.74) is 11.4. The van der Waals surface area contributed by atoms with Gasteiger partial charge in [-0.2, -0.15) is 0 Å². The third-order valence-corrected chi connectivity index (χ3v) is 11.9. The van der Waals surface area contributed by atoms with E-state index in [4.69, 9.17) is 14.2 Å². The van der Waals surface area contributed by atoms with E-state index in [2.05, 4.69) is 144 Å². The number of hydrogen-bond donors (Lipinski definition) is 2. The number of ether oxygens (including phenoxy) is 3. The van der Waals surface area contributed by atoms with Crippen LogP contribution in [0.4, 0.5) is 0 Å². The van der Waals surface area contributed by atoms with Gasteiger partial charge in [0.05, 0.1) is 6.61 Å². The van der Waals surface area contributed by atoms with E-state index >= 15 is 0 Å². The molecule has 1 aliphatic carbocycles. The fourth-order valence-electron chi connectivity index (χ4n) is 8.08. The van der Waals surface area contributed by atoms with Gasteiger partial charge in [0.15, 0.2) is 6.61 Å². The Kier molecular flexibility index (Phi) is 12.8. The summed E-state index contributed by atoms with van der Waals surface area (Å²) in [6.45, 7) is 28.6. The van der Waals surface area contributed by atoms with Crippen LogP contribution in [0.5, 0.6) is 23.0 Å². The lowest BCUT2D eigenvalue weighted by molar-refractivity contribution is -0.145. The Morgan fingerprint density at radius 3 is 1.15 bits per heavy atom. The first-order valence-corrected chi connectivity index (χ1v) is 21.9. The quantitative estimate of drug-likeness (QED) is 0.156. The molecule has 1 aliphatic rings. The van der Waals surface area contributed by atoms with Crippen LogP contribution in [-0.2, 0) is 63.5 Å². The first kappa shape index (κ1) is 45.3. The van der Waals surface area contributed by atoms with Gasteiger partial charge >= 0.3 is 5.97 Å². The van der Waals surface area contributed by atoms with Gasteiger partial charge in [0, 0.05) is 25.7 Å². The van der Waals surface area contributed by atoms with Crippen molar-refractivity contribution in [3.63, 3.8) is 0 Å². The normalized spacial score (nSPS) is 13.5. The molecule has 5 aromatic rings. The van der Waals surface area contributed by atoms with Crippen molar-refractivity contribution in [2.75, 3.05) is 13.2 Å². The fraction of sp³-hybridized carbons (Fsp3) is 0.436.